The van der Waals surface area contributed by atoms with Gasteiger partial charge in [0, 0.05) is 11.8 Å². The van der Waals surface area contributed by atoms with Crippen molar-refractivity contribution in [2.45, 2.75) is 23.8 Å². The third-order valence-electron chi connectivity index (χ3n) is 4.25. The number of carbonyl (C=O) groups is 1. The molecule has 2 heterocycles. The van der Waals surface area contributed by atoms with Gasteiger partial charge in [0.25, 0.3) is 5.22 Å². The van der Waals surface area contributed by atoms with E-state index >= 15 is 0 Å². The summed E-state index contributed by atoms with van der Waals surface area (Å²) in [4.78, 5) is 12.5. The molecule has 1 aliphatic heterocycles. The van der Waals surface area contributed by atoms with Crippen LogP contribution in [-0.2, 0) is 11.2 Å². The number of fused-ring (bicyclic) bond motifs is 1. The van der Waals surface area contributed by atoms with Gasteiger partial charge >= 0.3 is 0 Å². The monoisotopic (exact) mass is 413 g/mol. The summed E-state index contributed by atoms with van der Waals surface area (Å²) in [5.74, 6) is 2.38. The lowest BCUT2D eigenvalue weighted by Crippen LogP contribution is -2.22. The number of thioether (sulfide) groups is 1. The fourth-order valence-corrected chi connectivity index (χ4v) is 3.40. The van der Waals surface area contributed by atoms with Crippen LogP contribution in [0.3, 0.4) is 0 Å². The van der Waals surface area contributed by atoms with Gasteiger partial charge in [-0.25, -0.2) is 0 Å². The van der Waals surface area contributed by atoms with Crippen LogP contribution in [0, 0.1) is 0 Å². The van der Waals surface area contributed by atoms with Crippen molar-refractivity contribution < 1.29 is 23.4 Å². The van der Waals surface area contributed by atoms with Crippen LogP contribution in [0.1, 0.15) is 18.4 Å². The summed E-state index contributed by atoms with van der Waals surface area (Å²) in [5, 5.41) is 10.9. The fourth-order valence-electron chi connectivity index (χ4n) is 2.70. The summed E-state index contributed by atoms with van der Waals surface area (Å²) in [6, 6.07) is 12.9. The minimum atomic E-state index is -0.422. The Kier molecular flexibility index (Phi) is 5.57. The summed E-state index contributed by atoms with van der Waals surface area (Å²) in [6.45, 7) is 1.97. The molecule has 1 amide bonds. The lowest BCUT2D eigenvalue weighted by Gasteiger charge is -2.10. The molecule has 0 fully saturated rings. The number of hydrogen-bond donors (Lipinski definition) is 1. The highest BCUT2D eigenvalue weighted by Crippen LogP contribution is 2.34. The molecule has 0 aliphatic carbocycles. The Morgan fingerprint density at radius 3 is 2.76 bits per heavy atom. The van der Waals surface area contributed by atoms with Crippen molar-refractivity contribution in [3.8, 4) is 17.2 Å². The number of carbonyl (C=O) groups excluding carboxylic acids is 1. The highest BCUT2D eigenvalue weighted by molar-refractivity contribution is 8.00. The zero-order valence-corrected chi connectivity index (χ0v) is 16.7. The first kappa shape index (κ1) is 19.1. The molecule has 0 radical (unpaired) electrons. The van der Waals surface area contributed by atoms with Crippen molar-refractivity contribution in [2.75, 3.05) is 19.2 Å². The lowest BCUT2D eigenvalue weighted by molar-refractivity contribution is -0.115. The van der Waals surface area contributed by atoms with Crippen LogP contribution < -0.4 is 19.5 Å². The Morgan fingerprint density at radius 1 is 1.17 bits per heavy atom. The number of methoxy groups -OCH3 is 1. The third kappa shape index (κ3) is 4.62. The molecule has 1 aromatic heterocycles. The van der Waals surface area contributed by atoms with Crippen molar-refractivity contribution in [3.05, 3.63) is 53.9 Å². The second-order valence-electron chi connectivity index (χ2n) is 6.30. The molecule has 4 rings (SSSR count). The molecule has 29 heavy (non-hydrogen) atoms. The van der Waals surface area contributed by atoms with Gasteiger partial charge in [-0.05, 0) is 36.8 Å². The average Bonchev–Trinajstić information content (AvgIpc) is 3.37. The number of nitrogens with zero attached hydrogens (tertiary/aromatic N) is 2. The van der Waals surface area contributed by atoms with E-state index in [2.05, 4.69) is 15.5 Å². The van der Waals surface area contributed by atoms with E-state index in [0.717, 1.165) is 11.3 Å². The van der Waals surface area contributed by atoms with E-state index in [4.69, 9.17) is 18.6 Å². The summed E-state index contributed by atoms with van der Waals surface area (Å²) < 4.78 is 21.4. The van der Waals surface area contributed by atoms with Crippen LogP contribution >= 0.6 is 11.8 Å². The molecule has 1 atom stereocenters. The standard InChI is InChI=1S/C20H19N3O5S/c1-12(19(24)21-14-5-8-16-17(10-14)27-11-26-16)29-20-23-22-18(28-20)9-13-3-6-15(25-2)7-4-13/h3-8,10,12H,9,11H2,1-2H3,(H,21,24)/t12-/m0/s1. The van der Waals surface area contributed by atoms with E-state index in [1.165, 1.54) is 11.8 Å². The van der Waals surface area contributed by atoms with Crippen LogP contribution in [0.15, 0.2) is 52.1 Å². The molecule has 0 bridgehead atoms. The van der Waals surface area contributed by atoms with Crippen LogP contribution in [-0.4, -0.2) is 35.3 Å². The zero-order valence-electron chi connectivity index (χ0n) is 15.9. The molecular formula is C20H19N3O5S. The van der Waals surface area contributed by atoms with Gasteiger partial charge in [0.2, 0.25) is 18.6 Å². The molecule has 0 unspecified atom stereocenters. The minimum absolute atomic E-state index is 0.177. The van der Waals surface area contributed by atoms with Gasteiger partial charge < -0.3 is 23.9 Å². The molecule has 0 spiro atoms. The lowest BCUT2D eigenvalue weighted by atomic mass is 10.1. The quantitative estimate of drug-likeness (QED) is 0.588. The Hall–Kier alpha value is -3.20. The van der Waals surface area contributed by atoms with E-state index in [1.807, 2.05) is 24.3 Å². The third-order valence-corrected chi connectivity index (χ3v) is 5.18. The predicted octanol–water partition coefficient (Wildman–Crippen LogP) is 3.52. The molecule has 1 N–H and O–H groups in total. The summed E-state index contributed by atoms with van der Waals surface area (Å²) in [6.07, 6.45) is 0.509. The van der Waals surface area contributed by atoms with E-state index in [0.29, 0.717) is 34.7 Å². The summed E-state index contributed by atoms with van der Waals surface area (Å²) in [5.41, 5.74) is 1.66. The predicted molar refractivity (Wildman–Crippen MR) is 107 cm³/mol. The van der Waals surface area contributed by atoms with Gasteiger partial charge in [-0.2, -0.15) is 0 Å². The number of anilines is 1. The van der Waals surface area contributed by atoms with Crippen molar-refractivity contribution in [1.29, 1.82) is 0 Å². The second-order valence-corrected chi connectivity index (χ2v) is 7.60. The van der Waals surface area contributed by atoms with Crippen molar-refractivity contribution in [2.24, 2.45) is 0 Å². The van der Waals surface area contributed by atoms with E-state index in [-0.39, 0.29) is 12.7 Å². The van der Waals surface area contributed by atoms with Gasteiger partial charge in [-0.1, -0.05) is 23.9 Å². The largest absolute Gasteiger partial charge is 0.497 e. The van der Waals surface area contributed by atoms with Gasteiger partial charge in [0.15, 0.2) is 11.5 Å². The smallest absolute Gasteiger partial charge is 0.277 e. The van der Waals surface area contributed by atoms with Crippen LogP contribution in [0.4, 0.5) is 5.69 Å². The van der Waals surface area contributed by atoms with Crippen LogP contribution in [0.25, 0.3) is 0 Å². The number of amides is 1. The number of benzene rings is 2. The summed E-state index contributed by atoms with van der Waals surface area (Å²) in [7, 11) is 1.63. The van der Waals surface area contributed by atoms with Gasteiger partial charge in [-0.15, -0.1) is 10.2 Å². The first-order valence-electron chi connectivity index (χ1n) is 8.93. The van der Waals surface area contributed by atoms with Crippen molar-refractivity contribution >= 4 is 23.4 Å². The van der Waals surface area contributed by atoms with Gasteiger partial charge in [0.05, 0.1) is 18.8 Å². The Labute approximate surface area is 171 Å². The average molecular weight is 413 g/mol. The van der Waals surface area contributed by atoms with Crippen molar-refractivity contribution in [1.82, 2.24) is 10.2 Å². The van der Waals surface area contributed by atoms with Crippen molar-refractivity contribution in [3.63, 3.8) is 0 Å². The first-order chi connectivity index (χ1) is 14.1. The number of ether oxygens (including phenoxy) is 3. The molecule has 2 aromatic carbocycles. The topological polar surface area (TPSA) is 95.7 Å². The maximum atomic E-state index is 12.5. The molecule has 0 saturated heterocycles. The maximum absolute atomic E-state index is 12.5. The molecule has 3 aromatic rings. The zero-order chi connectivity index (χ0) is 20.2. The molecule has 1 aliphatic rings. The number of aromatic nitrogens is 2. The Morgan fingerprint density at radius 2 is 1.97 bits per heavy atom. The fraction of sp³-hybridized carbons (Fsp3) is 0.250. The molecule has 150 valence electrons. The number of rotatable bonds is 7. The number of hydrogen-bond acceptors (Lipinski definition) is 8. The molecule has 0 saturated carbocycles. The molecular weight excluding hydrogens is 394 g/mol. The van der Waals surface area contributed by atoms with Crippen LogP contribution in [0.2, 0.25) is 0 Å². The van der Waals surface area contributed by atoms with E-state index in [9.17, 15) is 4.79 Å². The maximum Gasteiger partial charge on any atom is 0.277 e. The highest BCUT2D eigenvalue weighted by atomic mass is 32.2. The first-order valence-corrected chi connectivity index (χ1v) is 9.81. The van der Waals surface area contributed by atoms with Gasteiger partial charge in [0.1, 0.15) is 5.75 Å². The van der Waals surface area contributed by atoms with Gasteiger partial charge in [-0.3, -0.25) is 4.79 Å². The SMILES string of the molecule is COc1ccc(Cc2nnc(S[C@@H](C)C(=O)Nc3ccc4c(c3)OCO4)o2)cc1. The molecule has 8 nitrogen and oxygen atoms in total. The number of nitrogens with one attached hydrogen (secondary N) is 1. The van der Waals surface area contributed by atoms with E-state index < -0.39 is 5.25 Å². The molecule has 9 heteroatoms. The second kappa shape index (κ2) is 8.44. The Bertz CT molecular complexity index is 1010. The van der Waals surface area contributed by atoms with Crippen LogP contribution in [0.5, 0.6) is 17.2 Å². The van der Waals surface area contributed by atoms with E-state index in [1.54, 1.807) is 32.2 Å². The minimum Gasteiger partial charge on any atom is -0.497 e. The Balaban J connectivity index is 1.33. The highest BCUT2D eigenvalue weighted by Gasteiger charge is 2.20. The normalized spacial score (nSPS) is 13.2. The summed E-state index contributed by atoms with van der Waals surface area (Å²) >= 11 is 1.21.